The number of hydrogen-bond acceptors (Lipinski definition) is 3. The second kappa shape index (κ2) is 6.23. The third-order valence-corrected chi connectivity index (χ3v) is 5.23. The molecule has 22 heavy (non-hydrogen) atoms. The van der Waals surface area contributed by atoms with Crippen molar-refractivity contribution in [2.75, 3.05) is 6.54 Å². The van der Waals surface area contributed by atoms with Gasteiger partial charge in [0.1, 0.15) is 5.82 Å². The summed E-state index contributed by atoms with van der Waals surface area (Å²) < 4.78 is 0. The normalized spacial score (nSPS) is 24.9. The van der Waals surface area contributed by atoms with Crippen LogP contribution in [0.15, 0.2) is 4.79 Å². The molecule has 1 aliphatic carbocycles. The monoisotopic (exact) mass is 303 g/mol. The Bertz CT molecular complexity index is 621. The van der Waals surface area contributed by atoms with E-state index in [2.05, 4.69) is 9.97 Å². The molecule has 5 heteroatoms. The molecular weight excluding hydrogens is 278 g/mol. The summed E-state index contributed by atoms with van der Waals surface area (Å²) >= 11 is 0. The lowest BCUT2D eigenvalue weighted by molar-refractivity contribution is -0.136. The molecule has 0 radical (unpaired) electrons. The molecule has 1 saturated carbocycles. The van der Waals surface area contributed by atoms with Crippen LogP contribution in [0.4, 0.5) is 0 Å². The number of rotatable bonds is 2. The van der Waals surface area contributed by atoms with Gasteiger partial charge in [0.05, 0.1) is 6.42 Å². The Balaban J connectivity index is 1.78. The van der Waals surface area contributed by atoms with Crippen LogP contribution < -0.4 is 5.56 Å². The van der Waals surface area contributed by atoms with E-state index in [1.165, 1.54) is 25.7 Å². The van der Waals surface area contributed by atoms with E-state index >= 15 is 0 Å². The average Bonchev–Trinajstić information content (AvgIpc) is 2.50. The van der Waals surface area contributed by atoms with Crippen LogP contribution in [-0.2, 0) is 11.2 Å². The fraction of sp³-hybridized carbons (Fsp3) is 0.706. The number of nitrogens with one attached hydrogen (secondary N) is 1. The summed E-state index contributed by atoms with van der Waals surface area (Å²) in [5.74, 6) is 1.36. The van der Waals surface area contributed by atoms with E-state index < -0.39 is 0 Å². The van der Waals surface area contributed by atoms with Gasteiger partial charge in [0.2, 0.25) is 5.91 Å². The minimum atomic E-state index is -0.171. The zero-order valence-corrected chi connectivity index (χ0v) is 13.5. The summed E-state index contributed by atoms with van der Waals surface area (Å²) in [5, 5.41) is 0. The van der Waals surface area contributed by atoms with Gasteiger partial charge in [0.25, 0.3) is 5.56 Å². The van der Waals surface area contributed by atoms with Gasteiger partial charge in [-0.3, -0.25) is 9.59 Å². The van der Waals surface area contributed by atoms with Gasteiger partial charge >= 0.3 is 0 Å². The Labute approximate surface area is 131 Å². The van der Waals surface area contributed by atoms with Crippen molar-refractivity contribution in [1.82, 2.24) is 14.9 Å². The molecule has 1 aromatic rings. The molecule has 120 valence electrons. The highest BCUT2D eigenvalue weighted by Crippen LogP contribution is 2.35. The lowest BCUT2D eigenvalue weighted by Gasteiger charge is -2.44. The van der Waals surface area contributed by atoms with Gasteiger partial charge in [-0.2, -0.15) is 0 Å². The smallest absolute Gasteiger partial charge is 0.254 e. The maximum Gasteiger partial charge on any atom is 0.254 e. The lowest BCUT2D eigenvalue weighted by Crippen LogP contribution is -2.50. The summed E-state index contributed by atoms with van der Waals surface area (Å²) in [7, 11) is 0. The van der Waals surface area contributed by atoms with Crippen molar-refractivity contribution >= 4 is 5.91 Å². The number of aromatic nitrogens is 2. The summed E-state index contributed by atoms with van der Waals surface area (Å²) in [6.45, 7) is 4.41. The molecule has 1 amide bonds. The molecule has 0 spiro atoms. The third kappa shape index (κ3) is 2.94. The number of aryl methyl sites for hydroxylation is 2. The van der Waals surface area contributed by atoms with Crippen LogP contribution in [0, 0.1) is 19.8 Å². The average molecular weight is 303 g/mol. The first kappa shape index (κ1) is 15.3. The van der Waals surface area contributed by atoms with Crippen LogP contribution in [0.5, 0.6) is 0 Å². The number of piperidine rings is 1. The number of fused-ring (bicyclic) bond motifs is 1. The predicted molar refractivity (Wildman–Crippen MR) is 84.7 cm³/mol. The van der Waals surface area contributed by atoms with E-state index in [1.54, 1.807) is 6.92 Å². The molecule has 1 aromatic heterocycles. The largest absolute Gasteiger partial charge is 0.339 e. The highest BCUT2D eigenvalue weighted by atomic mass is 16.2. The summed E-state index contributed by atoms with van der Waals surface area (Å²) in [5.41, 5.74) is 1.02. The maximum atomic E-state index is 12.8. The molecule has 2 heterocycles. The summed E-state index contributed by atoms with van der Waals surface area (Å²) in [4.78, 5) is 33.9. The first-order valence-electron chi connectivity index (χ1n) is 8.42. The number of hydrogen-bond donors (Lipinski definition) is 1. The first-order chi connectivity index (χ1) is 10.6. The second-order valence-corrected chi connectivity index (χ2v) is 6.73. The molecule has 2 aliphatic rings. The molecule has 1 saturated heterocycles. The highest BCUT2D eigenvalue weighted by Gasteiger charge is 2.35. The van der Waals surface area contributed by atoms with E-state index in [1.807, 2.05) is 11.8 Å². The van der Waals surface area contributed by atoms with Crippen LogP contribution in [0.25, 0.3) is 0 Å². The number of carbonyl (C=O) groups excluding carboxylic acids is 1. The number of nitrogens with zero attached hydrogens (tertiary/aromatic N) is 2. The minimum Gasteiger partial charge on any atom is -0.339 e. The van der Waals surface area contributed by atoms with Gasteiger partial charge in [-0.05, 0) is 45.4 Å². The molecule has 1 aliphatic heterocycles. The quantitative estimate of drug-likeness (QED) is 0.910. The fourth-order valence-electron chi connectivity index (χ4n) is 4.15. The molecule has 0 aromatic carbocycles. The molecule has 2 fully saturated rings. The van der Waals surface area contributed by atoms with Crippen molar-refractivity contribution in [1.29, 1.82) is 0 Å². The summed E-state index contributed by atoms with van der Waals surface area (Å²) in [6.07, 6.45) is 7.41. The molecule has 5 nitrogen and oxygen atoms in total. The Morgan fingerprint density at radius 1 is 1.23 bits per heavy atom. The zero-order valence-electron chi connectivity index (χ0n) is 13.5. The molecule has 2 atom stereocenters. The van der Waals surface area contributed by atoms with Crippen molar-refractivity contribution in [3.05, 3.63) is 27.4 Å². The third-order valence-electron chi connectivity index (χ3n) is 5.23. The van der Waals surface area contributed by atoms with Crippen molar-refractivity contribution in [3.63, 3.8) is 0 Å². The predicted octanol–water partition coefficient (Wildman–Crippen LogP) is 2.11. The van der Waals surface area contributed by atoms with Gasteiger partial charge in [0, 0.05) is 23.8 Å². The second-order valence-electron chi connectivity index (χ2n) is 6.73. The first-order valence-corrected chi connectivity index (χ1v) is 8.42. The number of likely N-dealkylation sites (tertiary alicyclic amines) is 1. The number of amides is 1. The highest BCUT2D eigenvalue weighted by molar-refractivity contribution is 5.79. The van der Waals surface area contributed by atoms with Crippen LogP contribution >= 0.6 is 0 Å². The molecular formula is C17H25N3O2. The lowest BCUT2D eigenvalue weighted by atomic mass is 9.78. The van der Waals surface area contributed by atoms with Crippen molar-refractivity contribution in [2.24, 2.45) is 5.92 Å². The minimum absolute atomic E-state index is 0.0934. The molecule has 0 unspecified atom stereocenters. The van der Waals surface area contributed by atoms with Crippen LogP contribution in [-0.4, -0.2) is 33.4 Å². The topological polar surface area (TPSA) is 66.1 Å². The van der Waals surface area contributed by atoms with Crippen LogP contribution in [0.1, 0.15) is 55.6 Å². The molecule has 1 N–H and O–H groups in total. The van der Waals surface area contributed by atoms with E-state index in [0.717, 1.165) is 19.4 Å². The van der Waals surface area contributed by atoms with E-state index in [0.29, 0.717) is 29.0 Å². The van der Waals surface area contributed by atoms with Gasteiger partial charge in [0.15, 0.2) is 0 Å². The van der Waals surface area contributed by atoms with E-state index in [9.17, 15) is 9.59 Å². The van der Waals surface area contributed by atoms with Crippen molar-refractivity contribution in [2.45, 2.75) is 64.8 Å². The van der Waals surface area contributed by atoms with Crippen molar-refractivity contribution < 1.29 is 4.79 Å². The molecule has 3 rings (SSSR count). The SMILES string of the molecule is Cc1nc(C)c(CC(=O)N2CCC[C@H]3CCCC[C@@H]32)c(=O)[nH]1. The van der Waals surface area contributed by atoms with Crippen LogP contribution in [0.2, 0.25) is 0 Å². The van der Waals surface area contributed by atoms with E-state index in [4.69, 9.17) is 0 Å². The number of carbonyl (C=O) groups is 1. The Morgan fingerprint density at radius 2 is 1.95 bits per heavy atom. The fourth-order valence-corrected chi connectivity index (χ4v) is 4.15. The van der Waals surface area contributed by atoms with Crippen LogP contribution in [0.3, 0.4) is 0 Å². The zero-order chi connectivity index (χ0) is 15.7. The van der Waals surface area contributed by atoms with Crippen molar-refractivity contribution in [3.8, 4) is 0 Å². The van der Waals surface area contributed by atoms with Gasteiger partial charge in [-0.15, -0.1) is 0 Å². The number of H-pyrrole nitrogens is 1. The number of aromatic amines is 1. The maximum absolute atomic E-state index is 12.8. The van der Waals surface area contributed by atoms with Gasteiger partial charge in [-0.1, -0.05) is 12.8 Å². The standard InChI is InChI=1S/C17H25N3O2/c1-11-14(17(22)19-12(2)18-11)10-16(21)20-9-5-7-13-6-3-4-8-15(13)20/h13,15H,3-10H2,1-2H3,(H,18,19,22)/t13-,15+/m1/s1. The molecule has 0 bridgehead atoms. The Morgan fingerprint density at radius 3 is 2.73 bits per heavy atom. The van der Waals surface area contributed by atoms with Gasteiger partial charge in [-0.25, -0.2) is 4.98 Å². The Hall–Kier alpha value is -1.65. The summed E-state index contributed by atoms with van der Waals surface area (Å²) in [6, 6.07) is 0.396. The van der Waals surface area contributed by atoms with Gasteiger partial charge < -0.3 is 9.88 Å². The Kier molecular flexibility index (Phi) is 4.32. The van der Waals surface area contributed by atoms with E-state index in [-0.39, 0.29) is 17.9 Å².